The van der Waals surface area contributed by atoms with Gasteiger partial charge >= 0.3 is 23.9 Å². The number of esters is 4. The molecular weight excluding hydrogens is 730 g/mol. The quantitative estimate of drug-likeness (QED) is 0.195. The molecule has 3 aliphatic rings. The SMILES string of the molecule is COC(=O)C1=C(C(=O)OC)SC2(S1)C(C(=O)OC)=C(C(=O)OC)SC1=C2c2ccc(C)cc2N(C(=O)c2sc3ccccc3c2Cl)C1(C)C. The summed E-state index contributed by atoms with van der Waals surface area (Å²) in [5.41, 5.74) is 1.01. The molecule has 3 aromatic rings. The summed E-state index contributed by atoms with van der Waals surface area (Å²) in [7, 11) is 4.69. The first-order chi connectivity index (χ1) is 23.3. The van der Waals surface area contributed by atoms with Crippen LogP contribution in [0.5, 0.6) is 0 Å². The highest BCUT2D eigenvalue weighted by atomic mass is 35.5. The summed E-state index contributed by atoms with van der Waals surface area (Å²) in [6.45, 7) is 5.54. The van der Waals surface area contributed by atoms with Crippen LogP contribution in [0.1, 0.15) is 34.6 Å². The molecule has 0 unspecified atom stereocenters. The standard InChI is InChI=1S/C34H28ClNO9S4/c1-15-12-13-16-18(14-15)36(28(37)24-22(35)17-10-8-9-11-19(17)46-24)33(2,3)27-20(16)34(21(29(38)42-4)23(47-27)30(39)43-5)48-25(31(40)44-6)26(49-34)32(41)45-7/h8-14H,1-7H3. The lowest BCUT2D eigenvalue weighted by atomic mass is 9.83. The number of anilines is 1. The minimum atomic E-state index is -1.67. The second-order valence-corrected chi connectivity index (χ2v) is 16.6. The summed E-state index contributed by atoms with van der Waals surface area (Å²) < 4.78 is 19.7. The third-order valence-electron chi connectivity index (χ3n) is 8.23. The van der Waals surface area contributed by atoms with Gasteiger partial charge in [0.05, 0.1) is 50.3 Å². The molecule has 0 saturated heterocycles. The zero-order chi connectivity index (χ0) is 35.6. The van der Waals surface area contributed by atoms with Crippen LogP contribution in [0.25, 0.3) is 15.7 Å². The van der Waals surface area contributed by atoms with Crippen molar-refractivity contribution in [2.75, 3.05) is 33.3 Å². The zero-order valence-corrected chi connectivity index (χ0v) is 31.2. The van der Waals surface area contributed by atoms with Gasteiger partial charge in [0.15, 0.2) is 0 Å². The first-order valence-corrected chi connectivity index (χ1v) is 18.2. The molecule has 0 radical (unpaired) electrons. The third-order valence-corrected chi connectivity index (χ3v) is 14.5. The van der Waals surface area contributed by atoms with E-state index in [-0.39, 0.29) is 26.2 Å². The van der Waals surface area contributed by atoms with Crippen LogP contribution in [-0.4, -0.2) is 67.8 Å². The Hall–Kier alpha value is -3.69. The van der Waals surface area contributed by atoms with E-state index < -0.39 is 33.5 Å². The highest BCUT2D eigenvalue weighted by Crippen LogP contribution is 2.71. The Morgan fingerprint density at radius 1 is 0.776 bits per heavy atom. The number of amides is 1. The van der Waals surface area contributed by atoms with Crippen molar-refractivity contribution in [2.24, 2.45) is 0 Å². The summed E-state index contributed by atoms with van der Waals surface area (Å²) in [6, 6.07) is 13.0. The molecule has 0 fully saturated rings. The Bertz CT molecular complexity index is 2080. The number of fused-ring (bicyclic) bond motifs is 4. The van der Waals surface area contributed by atoms with Gasteiger partial charge in [0.1, 0.15) is 23.7 Å². The number of hydrogen-bond acceptors (Lipinski definition) is 13. The van der Waals surface area contributed by atoms with E-state index in [9.17, 15) is 24.0 Å². The van der Waals surface area contributed by atoms with E-state index in [1.54, 1.807) is 4.90 Å². The Labute approximate surface area is 303 Å². The fraction of sp³-hybridized carbons (Fsp3) is 0.265. The van der Waals surface area contributed by atoms with E-state index in [0.29, 0.717) is 31.6 Å². The minimum absolute atomic E-state index is 0.120. The molecule has 254 valence electrons. The largest absolute Gasteiger partial charge is 0.466 e. The van der Waals surface area contributed by atoms with Crippen LogP contribution < -0.4 is 4.90 Å². The van der Waals surface area contributed by atoms with Gasteiger partial charge < -0.3 is 18.9 Å². The van der Waals surface area contributed by atoms with Crippen molar-refractivity contribution in [1.82, 2.24) is 0 Å². The van der Waals surface area contributed by atoms with Gasteiger partial charge in [-0.15, -0.1) is 11.3 Å². The van der Waals surface area contributed by atoms with Crippen molar-refractivity contribution in [1.29, 1.82) is 0 Å². The van der Waals surface area contributed by atoms with Gasteiger partial charge in [0.2, 0.25) is 0 Å². The molecule has 10 nitrogen and oxygen atoms in total. The smallest absolute Gasteiger partial charge is 0.345 e. The Morgan fingerprint density at radius 3 is 1.92 bits per heavy atom. The summed E-state index contributed by atoms with van der Waals surface area (Å²) in [6.07, 6.45) is 0. The summed E-state index contributed by atoms with van der Waals surface area (Å²) in [5, 5.41) is 1.07. The highest BCUT2D eigenvalue weighted by molar-refractivity contribution is 8.26. The number of carbonyl (C=O) groups excluding carboxylic acids is 5. The number of methoxy groups -OCH3 is 4. The Balaban J connectivity index is 1.68. The number of carbonyl (C=O) groups is 5. The van der Waals surface area contributed by atoms with E-state index in [0.717, 1.165) is 50.9 Å². The molecule has 3 aliphatic heterocycles. The minimum Gasteiger partial charge on any atom is -0.466 e. The molecule has 1 spiro atoms. The molecule has 0 aliphatic carbocycles. The predicted octanol–water partition coefficient (Wildman–Crippen LogP) is 7.09. The molecule has 1 amide bonds. The first kappa shape index (κ1) is 35.1. The molecule has 0 atom stereocenters. The lowest BCUT2D eigenvalue weighted by Crippen LogP contribution is -2.53. The number of benzene rings is 2. The van der Waals surface area contributed by atoms with Crippen molar-refractivity contribution in [3.05, 3.63) is 88.7 Å². The number of halogens is 1. The van der Waals surface area contributed by atoms with Crippen molar-refractivity contribution < 1.29 is 42.9 Å². The van der Waals surface area contributed by atoms with Crippen LogP contribution in [0.3, 0.4) is 0 Å². The average Bonchev–Trinajstić information content (AvgIpc) is 3.65. The van der Waals surface area contributed by atoms with Crippen LogP contribution in [0, 0.1) is 6.92 Å². The van der Waals surface area contributed by atoms with Crippen LogP contribution in [0.2, 0.25) is 5.02 Å². The van der Waals surface area contributed by atoms with E-state index in [1.165, 1.54) is 39.8 Å². The van der Waals surface area contributed by atoms with E-state index >= 15 is 0 Å². The number of ether oxygens (including phenoxy) is 4. The molecule has 6 rings (SSSR count). The molecular formula is C34H28ClNO9S4. The van der Waals surface area contributed by atoms with Crippen molar-refractivity contribution in [3.8, 4) is 0 Å². The fourth-order valence-corrected chi connectivity index (χ4v) is 12.5. The van der Waals surface area contributed by atoms with Gasteiger partial charge in [-0.2, -0.15) is 0 Å². The van der Waals surface area contributed by atoms with Gasteiger partial charge in [-0.3, -0.25) is 9.69 Å². The Morgan fingerprint density at radius 2 is 1.35 bits per heavy atom. The second-order valence-electron chi connectivity index (χ2n) is 11.4. The number of aryl methyl sites for hydroxylation is 1. The zero-order valence-electron chi connectivity index (χ0n) is 27.2. The lowest BCUT2D eigenvalue weighted by Gasteiger charge is -2.50. The van der Waals surface area contributed by atoms with Gasteiger partial charge in [-0.25, -0.2) is 19.2 Å². The molecule has 4 heterocycles. The number of thiophene rings is 1. The van der Waals surface area contributed by atoms with Crippen molar-refractivity contribution in [3.63, 3.8) is 0 Å². The number of rotatable bonds is 5. The number of nitrogens with zero attached hydrogens (tertiary/aromatic N) is 1. The Kier molecular flexibility index (Phi) is 9.24. The van der Waals surface area contributed by atoms with Gasteiger partial charge in [0, 0.05) is 26.1 Å². The summed E-state index contributed by atoms with van der Waals surface area (Å²) >= 11 is 10.9. The van der Waals surface area contributed by atoms with Crippen LogP contribution in [-0.2, 0) is 38.1 Å². The van der Waals surface area contributed by atoms with E-state index in [4.69, 9.17) is 30.5 Å². The first-order valence-electron chi connectivity index (χ1n) is 14.5. The summed E-state index contributed by atoms with van der Waals surface area (Å²) in [5.74, 6) is -3.78. The van der Waals surface area contributed by atoms with Crippen LogP contribution in [0.4, 0.5) is 5.69 Å². The van der Waals surface area contributed by atoms with Crippen molar-refractivity contribution >= 4 is 109 Å². The molecule has 0 N–H and O–H groups in total. The average molecular weight is 758 g/mol. The van der Waals surface area contributed by atoms with E-state index in [2.05, 4.69) is 0 Å². The molecule has 1 aromatic heterocycles. The van der Waals surface area contributed by atoms with Crippen LogP contribution in [0.15, 0.2) is 67.7 Å². The van der Waals surface area contributed by atoms with Gasteiger partial charge in [-0.05, 0) is 38.5 Å². The molecule has 2 aromatic carbocycles. The van der Waals surface area contributed by atoms with E-state index in [1.807, 2.05) is 63.2 Å². The van der Waals surface area contributed by atoms with Crippen LogP contribution >= 0.6 is 58.2 Å². The fourth-order valence-electron chi connectivity index (χ4n) is 6.04. The van der Waals surface area contributed by atoms with Gasteiger partial charge in [-0.1, -0.05) is 77.2 Å². The maximum absolute atomic E-state index is 14.8. The maximum atomic E-state index is 14.8. The van der Waals surface area contributed by atoms with Gasteiger partial charge in [0.25, 0.3) is 5.91 Å². The molecule has 0 saturated carbocycles. The topological polar surface area (TPSA) is 126 Å². The number of thioether (sulfide) groups is 3. The summed E-state index contributed by atoms with van der Waals surface area (Å²) in [4.78, 5) is 70.8. The molecule has 0 bridgehead atoms. The highest BCUT2D eigenvalue weighted by Gasteiger charge is 2.62. The maximum Gasteiger partial charge on any atom is 0.345 e. The number of hydrogen-bond donors (Lipinski definition) is 0. The van der Waals surface area contributed by atoms with Crippen molar-refractivity contribution in [2.45, 2.75) is 30.4 Å². The molecule has 49 heavy (non-hydrogen) atoms. The predicted molar refractivity (Wildman–Crippen MR) is 193 cm³/mol. The third kappa shape index (κ3) is 5.30. The lowest BCUT2D eigenvalue weighted by molar-refractivity contribution is -0.138. The second kappa shape index (κ2) is 12.9. The monoisotopic (exact) mass is 757 g/mol. The molecule has 15 heteroatoms. The normalized spacial score (nSPS) is 17.6.